The second kappa shape index (κ2) is 14.1. The summed E-state index contributed by atoms with van der Waals surface area (Å²) in [6.07, 6.45) is 1.16. The van der Waals surface area contributed by atoms with Gasteiger partial charge in [0.25, 0.3) is 0 Å². The Balaban J connectivity index is 1.91. The number of nitrogens with zero attached hydrogens (tertiary/aromatic N) is 2. The highest BCUT2D eigenvalue weighted by Crippen LogP contribution is 2.23. The molecule has 1 N–H and O–H groups in total. The number of carbonyl (C=O) groups excluding carboxylic acids is 2. The maximum atomic E-state index is 13.9. The van der Waals surface area contributed by atoms with Gasteiger partial charge in [-0.25, -0.2) is 17.2 Å². The van der Waals surface area contributed by atoms with Crippen LogP contribution in [0.15, 0.2) is 72.8 Å². The fourth-order valence-electron chi connectivity index (χ4n) is 4.48. The fraction of sp³-hybridized carbons (Fsp3) is 0.355. The molecule has 0 aromatic heterocycles. The number of nitrogens with one attached hydrogen (secondary N) is 1. The molecule has 0 aliphatic carbocycles. The van der Waals surface area contributed by atoms with E-state index in [0.29, 0.717) is 5.02 Å². The Kier molecular flexibility index (Phi) is 11.1. The molecule has 0 aliphatic heterocycles. The molecule has 0 saturated carbocycles. The van der Waals surface area contributed by atoms with Gasteiger partial charge in [-0.2, -0.15) is 0 Å². The molecule has 0 spiro atoms. The van der Waals surface area contributed by atoms with Crippen molar-refractivity contribution >= 4 is 39.1 Å². The third-order valence-electron chi connectivity index (χ3n) is 6.35. The summed E-state index contributed by atoms with van der Waals surface area (Å²) >= 11 is 6.21. The highest BCUT2D eigenvalue weighted by Gasteiger charge is 2.32. The molecule has 2 amide bonds. The van der Waals surface area contributed by atoms with Crippen LogP contribution in [0.1, 0.15) is 44.7 Å². The summed E-state index contributed by atoms with van der Waals surface area (Å²) in [4.78, 5) is 29.0. The van der Waals surface area contributed by atoms with Crippen LogP contribution in [0.25, 0.3) is 0 Å². The molecule has 226 valence electrons. The first kappa shape index (κ1) is 33.0. The van der Waals surface area contributed by atoms with Crippen molar-refractivity contribution in [2.45, 2.75) is 58.2 Å². The molecule has 0 radical (unpaired) electrons. The highest BCUT2D eigenvalue weighted by molar-refractivity contribution is 7.92. The number of rotatable bonds is 12. The van der Waals surface area contributed by atoms with Crippen LogP contribution in [-0.2, 0) is 32.6 Å². The summed E-state index contributed by atoms with van der Waals surface area (Å²) in [6, 6.07) is 18.3. The van der Waals surface area contributed by atoms with Crippen LogP contribution in [-0.4, -0.2) is 49.5 Å². The number of benzene rings is 3. The molecule has 0 heterocycles. The molecule has 0 fully saturated rings. The second-order valence-electron chi connectivity index (χ2n) is 11.1. The van der Waals surface area contributed by atoms with Crippen molar-refractivity contribution in [3.05, 3.63) is 101 Å². The minimum atomic E-state index is -3.87. The number of hydrogen-bond donors (Lipinski definition) is 1. The Morgan fingerprint density at radius 3 is 2.19 bits per heavy atom. The van der Waals surface area contributed by atoms with Crippen LogP contribution in [0.5, 0.6) is 0 Å². The first-order chi connectivity index (χ1) is 19.6. The zero-order valence-electron chi connectivity index (χ0n) is 24.1. The first-order valence-corrected chi connectivity index (χ1v) is 15.7. The summed E-state index contributed by atoms with van der Waals surface area (Å²) in [5.74, 6) is -2.99. The van der Waals surface area contributed by atoms with E-state index in [1.54, 1.807) is 18.2 Å². The van der Waals surface area contributed by atoms with Crippen LogP contribution in [0.3, 0.4) is 0 Å². The lowest BCUT2D eigenvalue weighted by Crippen LogP contribution is -2.54. The second-order valence-corrected chi connectivity index (χ2v) is 13.5. The van der Waals surface area contributed by atoms with E-state index >= 15 is 0 Å². The summed E-state index contributed by atoms with van der Waals surface area (Å²) in [5, 5.41) is 3.47. The number of sulfonamides is 1. The van der Waals surface area contributed by atoms with Gasteiger partial charge in [0.15, 0.2) is 11.6 Å². The minimum Gasteiger partial charge on any atom is -0.350 e. The normalized spacial score (nSPS) is 12.5. The standard InChI is InChI=1S/C31H36ClF2N3O4S/c1-31(2,3)35-30(39)28(19-22-10-6-5-7-11-22)36(21-23-12-8-13-24(32)18-23)29(38)14-9-17-37(42(4,40)41)25-15-16-26(33)27(34)20-25/h5-8,10-13,15-16,18,20,28H,9,14,17,19,21H2,1-4H3,(H,35,39)/t28-/m1/s1. The third-order valence-corrected chi connectivity index (χ3v) is 7.78. The highest BCUT2D eigenvalue weighted by atomic mass is 35.5. The zero-order chi connectivity index (χ0) is 31.1. The smallest absolute Gasteiger partial charge is 0.243 e. The van der Waals surface area contributed by atoms with Gasteiger partial charge in [0.1, 0.15) is 6.04 Å². The molecule has 7 nitrogen and oxygen atoms in total. The Hall–Kier alpha value is -3.50. The van der Waals surface area contributed by atoms with E-state index in [-0.39, 0.29) is 49.9 Å². The molecule has 0 aliphatic rings. The van der Waals surface area contributed by atoms with Crippen LogP contribution >= 0.6 is 11.6 Å². The lowest BCUT2D eigenvalue weighted by molar-refractivity contribution is -0.142. The third kappa shape index (κ3) is 9.80. The van der Waals surface area contributed by atoms with E-state index in [1.165, 1.54) is 11.0 Å². The van der Waals surface area contributed by atoms with Gasteiger partial charge in [-0.05, 0) is 62.6 Å². The van der Waals surface area contributed by atoms with Crippen molar-refractivity contribution in [3.63, 3.8) is 0 Å². The van der Waals surface area contributed by atoms with Gasteiger partial charge in [-0.3, -0.25) is 13.9 Å². The van der Waals surface area contributed by atoms with Gasteiger partial charge in [-0.1, -0.05) is 54.1 Å². The van der Waals surface area contributed by atoms with Gasteiger partial charge in [-0.15, -0.1) is 0 Å². The molecular formula is C31H36ClF2N3O4S. The molecular weight excluding hydrogens is 584 g/mol. The van der Waals surface area contributed by atoms with E-state index in [9.17, 15) is 26.8 Å². The summed E-state index contributed by atoms with van der Waals surface area (Å²) < 4.78 is 53.3. The summed E-state index contributed by atoms with van der Waals surface area (Å²) in [5.41, 5.74) is 0.970. The lowest BCUT2D eigenvalue weighted by Gasteiger charge is -2.34. The van der Waals surface area contributed by atoms with Gasteiger partial charge < -0.3 is 10.2 Å². The molecule has 1 atom stereocenters. The monoisotopic (exact) mass is 619 g/mol. The maximum Gasteiger partial charge on any atom is 0.243 e. The Morgan fingerprint density at radius 1 is 0.929 bits per heavy atom. The topological polar surface area (TPSA) is 86.8 Å². The van der Waals surface area contributed by atoms with Gasteiger partial charge in [0.2, 0.25) is 21.8 Å². The predicted octanol–water partition coefficient (Wildman–Crippen LogP) is 5.72. The van der Waals surface area contributed by atoms with Gasteiger partial charge in [0, 0.05) is 42.6 Å². The van der Waals surface area contributed by atoms with Crippen LogP contribution in [0.4, 0.5) is 14.5 Å². The lowest BCUT2D eigenvalue weighted by atomic mass is 10.00. The largest absolute Gasteiger partial charge is 0.350 e. The molecule has 3 rings (SSSR count). The van der Waals surface area contributed by atoms with Gasteiger partial charge in [0.05, 0.1) is 11.9 Å². The molecule has 0 saturated heterocycles. The van der Waals surface area contributed by atoms with Crippen LogP contribution in [0.2, 0.25) is 5.02 Å². The number of hydrogen-bond acceptors (Lipinski definition) is 4. The molecule has 0 unspecified atom stereocenters. The van der Waals surface area contributed by atoms with Crippen LogP contribution in [0, 0.1) is 11.6 Å². The maximum absolute atomic E-state index is 13.9. The summed E-state index contributed by atoms with van der Waals surface area (Å²) in [6.45, 7) is 5.49. The first-order valence-electron chi connectivity index (χ1n) is 13.5. The minimum absolute atomic E-state index is 0.0499. The van der Waals surface area contributed by atoms with E-state index in [1.807, 2.05) is 57.2 Å². The van der Waals surface area contributed by atoms with Crippen molar-refractivity contribution in [1.82, 2.24) is 10.2 Å². The molecule has 11 heteroatoms. The van der Waals surface area contributed by atoms with Crippen molar-refractivity contribution in [3.8, 4) is 0 Å². The quantitative estimate of drug-likeness (QED) is 0.281. The van der Waals surface area contributed by atoms with Crippen molar-refractivity contribution in [2.24, 2.45) is 0 Å². The van der Waals surface area contributed by atoms with E-state index < -0.39 is 33.2 Å². The Bertz CT molecular complexity index is 1500. The van der Waals surface area contributed by atoms with E-state index in [4.69, 9.17) is 11.6 Å². The Morgan fingerprint density at radius 2 is 1.60 bits per heavy atom. The van der Waals surface area contributed by atoms with Crippen molar-refractivity contribution in [2.75, 3.05) is 17.1 Å². The van der Waals surface area contributed by atoms with Gasteiger partial charge >= 0.3 is 0 Å². The molecule has 3 aromatic carbocycles. The number of anilines is 1. The fourth-order valence-corrected chi connectivity index (χ4v) is 5.65. The van der Waals surface area contributed by atoms with Crippen molar-refractivity contribution in [1.29, 1.82) is 0 Å². The predicted molar refractivity (Wildman–Crippen MR) is 162 cm³/mol. The SMILES string of the molecule is CC(C)(C)NC(=O)[C@@H](Cc1ccccc1)N(Cc1cccc(Cl)c1)C(=O)CCCN(c1ccc(F)c(F)c1)S(C)(=O)=O. The molecule has 0 bridgehead atoms. The van der Waals surface area contributed by atoms with E-state index in [0.717, 1.165) is 33.8 Å². The van der Waals surface area contributed by atoms with Crippen molar-refractivity contribution < 1.29 is 26.8 Å². The number of halogens is 3. The average molecular weight is 620 g/mol. The number of amides is 2. The zero-order valence-corrected chi connectivity index (χ0v) is 25.7. The van der Waals surface area contributed by atoms with E-state index in [2.05, 4.69) is 5.32 Å². The number of carbonyl (C=O) groups is 2. The molecule has 3 aromatic rings. The Labute approximate surface area is 251 Å². The van der Waals surface area contributed by atoms with Crippen LogP contribution < -0.4 is 9.62 Å². The average Bonchev–Trinajstić information content (AvgIpc) is 2.89. The summed E-state index contributed by atoms with van der Waals surface area (Å²) in [7, 11) is -3.87. The molecule has 42 heavy (non-hydrogen) atoms.